The molecule has 1 fully saturated rings. The van der Waals surface area contributed by atoms with E-state index in [4.69, 9.17) is 10.5 Å². The molecule has 0 radical (unpaired) electrons. The molecule has 1 saturated carbocycles. The molecule has 16 heavy (non-hydrogen) atoms. The second kappa shape index (κ2) is 4.46. The Balaban J connectivity index is 2.25. The quantitative estimate of drug-likeness (QED) is 0.844. The summed E-state index contributed by atoms with van der Waals surface area (Å²) in [4.78, 5) is 0. The molecule has 1 aliphatic rings. The predicted molar refractivity (Wildman–Crippen MR) is 66.7 cm³/mol. The van der Waals surface area contributed by atoms with Crippen LogP contribution in [-0.2, 0) is 0 Å². The van der Waals surface area contributed by atoms with Crippen LogP contribution in [0.1, 0.15) is 42.5 Å². The predicted octanol–water partition coefficient (Wildman–Crippen LogP) is 3.11. The second-order valence-electron chi connectivity index (χ2n) is 4.97. The molecule has 2 heteroatoms. The van der Waals surface area contributed by atoms with Gasteiger partial charge in [-0.05, 0) is 50.7 Å². The molecule has 0 saturated heterocycles. The van der Waals surface area contributed by atoms with E-state index >= 15 is 0 Å². The monoisotopic (exact) mass is 219 g/mol. The minimum atomic E-state index is 0.0357. The fourth-order valence-electron chi connectivity index (χ4n) is 1.85. The normalized spacial score (nSPS) is 17.2. The maximum Gasteiger partial charge on any atom is 0.127 e. The summed E-state index contributed by atoms with van der Waals surface area (Å²) in [6, 6.07) is 4.25. The Morgan fingerprint density at radius 1 is 1.38 bits per heavy atom. The molecule has 0 heterocycles. The van der Waals surface area contributed by atoms with Crippen LogP contribution in [0.3, 0.4) is 0 Å². The molecule has 1 aromatic rings. The van der Waals surface area contributed by atoms with E-state index in [0.717, 1.165) is 23.8 Å². The molecule has 1 aliphatic carbocycles. The lowest BCUT2D eigenvalue weighted by molar-refractivity contribution is 0.293. The van der Waals surface area contributed by atoms with Crippen LogP contribution in [-0.4, -0.2) is 6.61 Å². The van der Waals surface area contributed by atoms with Gasteiger partial charge < -0.3 is 10.5 Å². The van der Waals surface area contributed by atoms with E-state index in [1.807, 2.05) is 6.92 Å². The Bertz CT molecular complexity index is 381. The molecule has 1 atom stereocenters. The van der Waals surface area contributed by atoms with Gasteiger partial charge in [-0.3, -0.25) is 0 Å². The van der Waals surface area contributed by atoms with Crippen molar-refractivity contribution in [3.05, 3.63) is 28.8 Å². The molecule has 0 spiro atoms. The molecule has 1 unspecified atom stereocenters. The van der Waals surface area contributed by atoms with Crippen molar-refractivity contribution in [3.8, 4) is 5.75 Å². The van der Waals surface area contributed by atoms with E-state index in [1.165, 1.54) is 24.0 Å². The standard InChI is InChI=1S/C14H21NO/c1-9-4-7-13(11(3)15)14(10(9)2)16-8-12-5-6-12/h4,7,11-12H,5-6,8,15H2,1-3H3. The van der Waals surface area contributed by atoms with Gasteiger partial charge in [0.1, 0.15) is 5.75 Å². The topological polar surface area (TPSA) is 35.2 Å². The van der Waals surface area contributed by atoms with Gasteiger partial charge in [0.15, 0.2) is 0 Å². The van der Waals surface area contributed by atoms with Gasteiger partial charge in [0.2, 0.25) is 0 Å². The van der Waals surface area contributed by atoms with E-state index in [2.05, 4.69) is 26.0 Å². The Morgan fingerprint density at radius 2 is 2.06 bits per heavy atom. The smallest absolute Gasteiger partial charge is 0.127 e. The SMILES string of the molecule is Cc1ccc(C(C)N)c(OCC2CC2)c1C. The van der Waals surface area contributed by atoms with Crippen LogP contribution in [0, 0.1) is 19.8 Å². The Labute approximate surface area is 97.8 Å². The lowest BCUT2D eigenvalue weighted by Crippen LogP contribution is -2.11. The van der Waals surface area contributed by atoms with Crippen molar-refractivity contribution in [2.75, 3.05) is 6.61 Å². The molecule has 2 rings (SSSR count). The zero-order valence-electron chi connectivity index (χ0n) is 10.4. The Morgan fingerprint density at radius 3 is 2.62 bits per heavy atom. The van der Waals surface area contributed by atoms with Crippen molar-refractivity contribution in [2.24, 2.45) is 11.7 Å². The van der Waals surface area contributed by atoms with Crippen LogP contribution >= 0.6 is 0 Å². The van der Waals surface area contributed by atoms with Crippen molar-refractivity contribution in [1.29, 1.82) is 0 Å². The van der Waals surface area contributed by atoms with Crippen molar-refractivity contribution < 1.29 is 4.74 Å². The summed E-state index contributed by atoms with van der Waals surface area (Å²) in [5.41, 5.74) is 9.61. The number of aryl methyl sites for hydroxylation is 1. The Hall–Kier alpha value is -1.02. The van der Waals surface area contributed by atoms with Crippen LogP contribution in [0.4, 0.5) is 0 Å². The largest absolute Gasteiger partial charge is 0.493 e. The Kier molecular flexibility index (Phi) is 3.20. The third-order valence-electron chi connectivity index (χ3n) is 3.36. The summed E-state index contributed by atoms with van der Waals surface area (Å²) in [7, 11) is 0. The summed E-state index contributed by atoms with van der Waals surface area (Å²) in [6.07, 6.45) is 2.64. The molecule has 1 aromatic carbocycles. The maximum atomic E-state index is 5.98. The van der Waals surface area contributed by atoms with Gasteiger partial charge in [-0.1, -0.05) is 12.1 Å². The molecule has 0 bridgehead atoms. The minimum Gasteiger partial charge on any atom is -0.493 e. The first-order chi connectivity index (χ1) is 7.59. The molecule has 0 aliphatic heterocycles. The highest BCUT2D eigenvalue weighted by Gasteiger charge is 2.23. The first-order valence-corrected chi connectivity index (χ1v) is 6.08. The second-order valence-corrected chi connectivity index (χ2v) is 4.97. The number of nitrogens with two attached hydrogens (primary N) is 1. The van der Waals surface area contributed by atoms with E-state index in [1.54, 1.807) is 0 Å². The van der Waals surface area contributed by atoms with Gasteiger partial charge in [0.25, 0.3) is 0 Å². The average molecular weight is 219 g/mol. The zero-order chi connectivity index (χ0) is 11.7. The molecule has 88 valence electrons. The molecule has 0 amide bonds. The van der Waals surface area contributed by atoms with Gasteiger partial charge in [0, 0.05) is 11.6 Å². The van der Waals surface area contributed by atoms with Gasteiger partial charge >= 0.3 is 0 Å². The molecular formula is C14H21NO. The van der Waals surface area contributed by atoms with Gasteiger partial charge in [-0.15, -0.1) is 0 Å². The van der Waals surface area contributed by atoms with Crippen LogP contribution in [0.2, 0.25) is 0 Å². The summed E-state index contributed by atoms with van der Waals surface area (Å²) in [6.45, 7) is 7.09. The zero-order valence-corrected chi connectivity index (χ0v) is 10.4. The van der Waals surface area contributed by atoms with Crippen molar-refractivity contribution in [1.82, 2.24) is 0 Å². The van der Waals surface area contributed by atoms with Crippen LogP contribution in [0.5, 0.6) is 5.75 Å². The highest BCUT2D eigenvalue weighted by Crippen LogP contribution is 2.34. The third-order valence-corrected chi connectivity index (χ3v) is 3.36. The van der Waals surface area contributed by atoms with E-state index in [0.29, 0.717) is 0 Å². The number of hydrogen-bond acceptors (Lipinski definition) is 2. The van der Waals surface area contributed by atoms with Gasteiger partial charge in [-0.25, -0.2) is 0 Å². The van der Waals surface area contributed by atoms with E-state index in [-0.39, 0.29) is 6.04 Å². The molecule has 0 aromatic heterocycles. The van der Waals surface area contributed by atoms with E-state index < -0.39 is 0 Å². The number of ether oxygens (including phenoxy) is 1. The first kappa shape index (κ1) is 11.5. The van der Waals surface area contributed by atoms with Crippen LogP contribution in [0.15, 0.2) is 12.1 Å². The lowest BCUT2D eigenvalue weighted by atomic mass is 10.0. The maximum absolute atomic E-state index is 5.98. The van der Waals surface area contributed by atoms with Gasteiger partial charge in [0.05, 0.1) is 6.61 Å². The highest BCUT2D eigenvalue weighted by atomic mass is 16.5. The minimum absolute atomic E-state index is 0.0357. The molecule has 2 N–H and O–H groups in total. The third kappa shape index (κ3) is 2.38. The summed E-state index contributed by atoms with van der Waals surface area (Å²) in [5, 5.41) is 0. The van der Waals surface area contributed by atoms with Gasteiger partial charge in [-0.2, -0.15) is 0 Å². The first-order valence-electron chi connectivity index (χ1n) is 6.08. The van der Waals surface area contributed by atoms with Crippen LogP contribution in [0.25, 0.3) is 0 Å². The van der Waals surface area contributed by atoms with Crippen molar-refractivity contribution in [2.45, 2.75) is 39.7 Å². The van der Waals surface area contributed by atoms with Crippen molar-refractivity contribution in [3.63, 3.8) is 0 Å². The molecule has 2 nitrogen and oxygen atoms in total. The summed E-state index contributed by atoms with van der Waals surface area (Å²) < 4.78 is 5.95. The number of benzene rings is 1. The fourth-order valence-corrected chi connectivity index (χ4v) is 1.85. The number of rotatable bonds is 4. The van der Waals surface area contributed by atoms with Crippen molar-refractivity contribution >= 4 is 0 Å². The van der Waals surface area contributed by atoms with Crippen LogP contribution < -0.4 is 10.5 Å². The fraction of sp³-hybridized carbons (Fsp3) is 0.571. The average Bonchev–Trinajstić information content (AvgIpc) is 3.03. The molecular weight excluding hydrogens is 198 g/mol. The highest BCUT2D eigenvalue weighted by molar-refractivity contribution is 5.46. The summed E-state index contributed by atoms with van der Waals surface area (Å²) in [5.74, 6) is 1.79. The van der Waals surface area contributed by atoms with E-state index in [9.17, 15) is 0 Å². The lowest BCUT2D eigenvalue weighted by Gasteiger charge is -2.18. The number of hydrogen-bond donors (Lipinski definition) is 1. The summed E-state index contributed by atoms with van der Waals surface area (Å²) >= 11 is 0.